The maximum Gasteiger partial charge on any atom is 0.407 e. The van der Waals surface area contributed by atoms with E-state index < -0.39 is 0 Å². The number of hydrogen-bond donors (Lipinski definition) is 1. The molecule has 16 heavy (non-hydrogen) atoms. The molecule has 0 saturated carbocycles. The van der Waals surface area contributed by atoms with E-state index in [1.807, 2.05) is 13.2 Å². The van der Waals surface area contributed by atoms with Crippen molar-refractivity contribution in [2.75, 3.05) is 6.61 Å². The number of amides is 1. The Bertz CT molecular complexity index is 417. The highest BCUT2D eigenvalue weighted by atomic mass is 16.6. The molecule has 1 saturated heterocycles. The van der Waals surface area contributed by atoms with Crippen LogP contribution in [0.25, 0.3) is 0 Å². The Morgan fingerprint density at radius 1 is 1.56 bits per heavy atom. The van der Waals surface area contributed by atoms with Gasteiger partial charge < -0.3 is 10.1 Å². The molecule has 5 heteroatoms. The summed E-state index contributed by atoms with van der Waals surface area (Å²) >= 11 is 0. The van der Waals surface area contributed by atoms with Crippen molar-refractivity contribution in [3.63, 3.8) is 0 Å². The second-order valence-electron chi connectivity index (χ2n) is 5.15. The summed E-state index contributed by atoms with van der Waals surface area (Å²) in [5.41, 5.74) is 2.01. The molecule has 1 aromatic rings. The lowest BCUT2D eigenvalue weighted by Gasteiger charge is -2.19. The second-order valence-corrected chi connectivity index (χ2v) is 5.15. The van der Waals surface area contributed by atoms with Crippen molar-refractivity contribution < 1.29 is 9.53 Å². The van der Waals surface area contributed by atoms with Crippen molar-refractivity contribution >= 4 is 6.09 Å². The summed E-state index contributed by atoms with van der Waals surface area (Å²) < 4.78 is 6.69. The molecule has 88 valence electrons. The number of cyclic esters (lactones) is 1. The number of hydrogen-bond acceptors (Lipinski definition) is 3. The molecule has 1 aliphatic heterocycles. The van der Waals surface area contributed by atoms with Gasteiger partial charge in [0.05, 0.1) is 11.7 Å². The monoisotopic (exact) mass is 223 g/mol. The Labute approximate surface area is 94.8 Å². The number of nitrogens with one attached hydrogen (secondary N) is 1. The van der Waals surface area contributed by atoms with Gasteiger partial charge in [-0.25, -0.2) is 4.79 Å². The third-order valence-electron chi connectivity index (χ3n) is 2.62. The fraction of sp³-hybridized carbons (Fsp3) is 0.636. The van der Waals surface area contributed by atoms with Gasteiger partial charge in [-0.2, -0.15) is 5.10 Å². The number of carbonyl (C=O) groups is 1. The van der Waals surface area contributed by atoms with Crippen LogP contribution in [-0.2, 0) is 17.2 Å². The standard InChI is InChI=1S/C11H17N3O2/c1-11(2,3)9-7(5-14(4)13-9)8-6-16-10(15)12-8/h5,8H,6H2,1-4H3,(H,12,15). The molecule has 1 unspecified atom stereocenters. The Morgan fingerprint density at radius 3 is 2.75 bits per heavy atom. The molecule has 2 rings (SSSR count). The average molecular weight is 223 g/mol. The van der Waals surface area contributed by atoms with Crippen LogP contribution in [-0.4, -0.2) is 22.5 Å². The molecule has 1 N–H and O–H groups in total. The number of ether oxygens (including phenoxy) is 1. The van der Waals surface area contributed by atoms with Crippen LogP contribution in [0.15, 0.2) is 6.20 Å². The normalized spacial score (nSPS) is 20.8. The Morgan fingerprint density at radius 2 is 2.25 bits per heavy atom. The van der Waals surface area contributed by atoms with E-state index in [0.29, 0.717) is 6.61 Å². The molecule has 1 aromatic heterocycles. The predicted molar refractivity (Wildman–Crippen MR) is 59.1 cm³/mol. The quantitative estimate of drug-likeness (QED) is 0.785. The van der Waals surface area contributed by atoms with Crippen LogP contribution in [0.4, 0.5) is 4.79 Å². The van der Waals surface area contributed by atoms with E-state index in [2.05, 4.69) is 31.2 Å². The van der Waals surface area contributed by atoms with Gasteiger partial charge in [0.25, 0.3) is 0 Å². The van der Waals surface area contributed by atoms with Crippen LogP contribution in [0.1, 0.15) is 38.1 Å². The minimum atomic E-state index is -0.353. The van der Waals surface area contributed by atoms with Crippen molar-refractivity contribution in [2.24, 2.45) is 7.05 Å². The lowest BCUT2D eigenvalue weighted by Crippen LogP contribution is -2.22. The van der Waals surface area contributed by atoms with E-state index in [4.69, 9.17) is 4.74 Å². The molecule has 1 fully saturated rings. The summed E-state index contributed by atoms with van der Waals surface area (Å²) in [5, 5.41) is 7.24. The van der Waals surface area contributed by atoms with E-state index >= 15 is 0 Å². The van der Waals surface area contributed by atoms with E-state index in [-0.39, 0.29) is 17.6 Å². The van der Waals surface area contributed by atoms with Gasteiger partial charge in [-0.15, -0.1) is 0 Å². The van der Waals surface area contributed by atoms with Crippen LogP contribution >= 0.6 is 0 Å². The lowest BCUT2D eigenvalue weighted by molar-refractivity contribution is 0.177. The fourth-order valence-corrected chi connectivity index (χ4v) is 1.90. The van der Waals surface area contributed by atoms with Gasteiger partial charge >= 0.3 is 6.09 Å². The summed E-state index contributed by atoms with van der Waals surface area (Å²) in [6.45, 7) is 6.71. The molecule has 0 aliphatic carbocycles. The predicted octanol–water partition coefficient (Wildman–Crippen LogP) is 1.50. The van der Waals surface area contributed by atoms with Gasteiger partial charge in [-0.05, 0) is 0 Å². The molecule has 1 atom stereocenters. The molecule has 5 nitrogen and oxygen atoms in total. The van der Waals surface area contributed by atoms with E-state index in [9.17, 15) is 4.79 Å². The number of nitrogens with zero attached hydrogens (tertiary/aromatic N) is 2. The molecular formula is C11H17N3O2. The number of alkyl carbamates (subject to hydrolysis) is 1. The number of rotatable bonds is 1. The highest BCUT2D eigenvalue weighted by molar-refractivity contribution is 5.70. The molecular weight excluding hydrogens is 206 g/mol. The zero-order valence-corrected chi connectivity index (χ0v) is 10.1. The topological polar surface area (TPSA) is 56.1 Å². The first-order valence-corrected chi connectivity index (χ1v) is 5.35. The highest BCUT2D eigenvalue weighted by Gasteiger charge is 2.31. The first-order chi connectivity index (χ1) is 7.38. The number of carbonyl (C=O) groups excluding carboxylic acids is 1. The first-order valence-electron chi connectivity index (χ1n) is 5.35. The van der Waals surface area contributed by atoms with Crippen molar-refractivity contribution in [2.45, 2.75) is 32.2 Å². The maximum absolute atomic E-state index is 11.0. The van der Waals surface area contributed by atoms with E-state index in [1.54, 1.807) is 4.68 Å². The van der Waals surface area contributed by atoms with E-state index in [1.165, 1.54) is 0 Å². The second kappa shape index (κ2) is 3.50. The Balaban J connectivity index is 2.37. The summed E-state index contributed by atoms with van der Waals surface area (Å²) in [7, 11) is 1.89. The fourth-order valence-electron chi connectivity index (χ4n) is 1.90. The smallest absolute Gasteiger partial charge is 0.407 e. The van der Waals surface area contributed by atoms with Crippen LogP contribution < -0.4 is 5.32 Å². The Hall–Kier alpha value is -1.52. The summed E-state index contributed by atoms with van der Waals surface area (Å²) in [4.78, 5) is 11.0. The third kappa shape index (κ3) is 1.89. The van der Waals surface area contributed by atoms with Crippen LogP contribution in [0.3, 0.4) is 0 Å². The van der Waals surface area contributed by atoms with Crippen molar-refractivity contribution in [3.8, 4) is 0 Å². The van der Waals surface area contributed by atoms with Crippen LogP contribution in [0, 0.1) is 0 Å². The molecule has 0 aromatic carbocycles. The highest BCUT2D eigenvalue weighted by Crippen LogP contribution is 2.29. The van der Waals surface area contributed by atoms with Gasteiger partial charge in [0.1, 0.15) is 6.61 Å². The Kier molecular flexibility index (Phi) is 2.40. The molecule has 0 radical (unpaired) electrons. The molecule has 0 spiro atoms. The lowest BCUT2D eigenvalue weighted by atomic mass is 9.88. The molecule has 2 heterocycles. The third-order valence-corrected chi connectivity index (χ3v) is 2.62. The number of aromatic nitrogens is 2. The zero-order chi connectivity index (χ0) is 11.9. The molecule has 1 amide bonds. The van der Waals surface area contributed by atoms with Crippen molar-refractivity contribution in [1.82, 2.24) is 15.1 Å². The molecule has 1 aliphatic rings. The van der Waals surface area contributed by atoms with Gasteiger partial charge in [0, 0.05) is 24.2 Å². The van der Waals surface area contributed by atoms with Crippen LogP contribution in [0.2, 0.25) is 0 Å². The molecule has 0 bridgehead atoms. The minimum absolute atomic E-state index is 0.0378. The summed E-state index contributed by atoms with van der Waals surface area (Å²) in [6.07, 6.45) is 1.59. The summed E-state index contributed by atoms with van der Waals surface area (Å²) in [6, 6.07) is -0.0737. The van der Waals surface area contributed by atoms with Crippen molar-refractivity contribution in [1.29, 1.82) is 0 Å². The van der Waals surface area contributed by atoms with E-state index in [0.717, 1.165) is 11.3 Å². The van der Waals surface area contributed by atoms with Gasteiger partial charge in [-0.3, -0.25) is 4.68 Å². The maximum atomic E-state index is 11.0. The average Bonchev–Trinajstić information content (AvgIpc) is 2.70. The SMILES string of the molecule is Cn1cc(C2COC(=O)N2)c(C(C)(C)C)n1. The zero-order valence-electron chi connectivity index (χ0n) is 10.1. The van der Waals surface area contributed by atoms with Gasteiger partial charge in [0.2, 0.25) is 0 Å². The minimum Gasteiger partial charge on any atom is -0.447 e. The largest absolute Gasteiger partial charge is 0.447 e. The van der Waals surface area contributed by atoms with Crippen molar-refractivity contribution in [3.05, 3.63) is 17.5 Å². The summed E-state index contributed by atoms with van der Waals surface area (Å²) in [5.74, 6) is 0. The van der Waals surface area contributed by atoms with Gasteiger partial charge in [0.15, 0.2) is 0 Å². The van der Waals surface area contributed by atoms with Gasteiger partial charge in [-0.1, -0.05) is 20.8 Å². The number of aryl methyl sites for hydroxylation is 1. The van der Waals surface area contributed by atoms with Crippen LogP contribution in [0.5, 0.6) is 0 Å². The first kappa shape index (κ1) is 11.0.